The molecule has 1 N–H and O–H groups in total. The first-order chi connectivity index (χ1) is 19.0. The first-order valence-electron chi connectivity index (χ1n) is 14.6. The molecule has 7 atom stereocenters. The van der Waals surface area contributed by atoms with Gasteiger partial charge in [0.2, 0.25) is 5.82 Å². The highest BCUT2D eigenvalue weighted by Gasteiger charge is 2.48. The lowest BCUT2D eigenvalue weighted by atomic mass is 9.74. The number of benzene rings is 1. The summed E-state index contributed by atoms with van der Waals surface area (Å²) in [5.74, 6) is 1.58. The Labute approximate surface area is 226 Å². The highest BCUT2D eigenvalue weighted by molar-refractivity contribution is 5.75. The van der Waals surface area contributed by atoms with Crippen molar-refractivity contribution in [3.8, 4) is 5.82 Å². The Morgan fingerprint density at radius 1 is 0.923 bits per heavy atom. The first kappa shape index (κ1) is 24.9. The van der Waals surface area contributed by atoms with Crippen LogP contribution >= 0.6 is 0 Å². The van der Waals surface area contributed by atoms with Crippen LogP contribution in [0.3, 0.4) is 0 Å². The molecule has 39 heavy (non-hydrogen) atoms. The third-order valence-electron chi connectivity index (χ3n) is 9.79. The smallest absolute Gasteiger partial charge is 0.351 e. The molecule has 4 heterocycles. The number of nitrogens with one attached hydrogen (secondary N) is 1. The predicted molar refractivity (Wildman–Crippen MR) is 146 cm³/mol. The van der Waals surface area contributed by atoms with Crippen molar-refractivity contribution in [3.05, 3.63) is 61.7 Å². The second-order valence-electron chi connectivity index (χ2n) is 12.2. The van der Waals surface area contributed by atoms with E-state index in [4.69, 9.17) is 4.74 Å². The molecule has 2 aliphatic carbocycles. The van der Waals surface area contributed by atoms with E-state index < -0.39 is 11.2 Å². The average Bonchev–Trinajstić information content (AvgIpc) is 3.09. The van der Waals surface area contributed by atoms with Crippen molar-refractivity contribution in [1.82, 2.24) is 29.2 Å². The van der Waals surface area contributed by atoms with Crippen LogP contribution in [-0.2, 0) is 4.74 Å². The van der Waals surface area contributed by atoms with Crippen LogP contribution in [0.2, 0.25) is 0 Å². The largest absolute Gasteiger partial charge is 0.375 e. The maximum atomic E-state index is 14.0. The lowest BCUT2D eigenvalue weighted by Crippen LogP contribution is -2.64. The van der Waals surface area contributed by atoms with Crippen LogP contribution in [0.25, 0.3) is 16.9 Å². The van der Waals surface area contributed by atoms with Gasteiger partial charge in [0, 0.05) is 24.2 Å². The minimum atomic E-state index is -0.776. The van der Waals surface area contributed by atoms with Gasteiger partial charge in [-0.25, -0.2) is 9.78 Å². The number of H-pyrrole nitrogens is 1. The molecule has 0 radical (unpaired) electrons. The van der Waals surface area contributed by atoms with E-state index >= 15 is 0 Å². The third-order valence-corrected chi connectivity index (χ3v) is 9.79. The van der Waals surface area contributed by atoms with Crippen molar-refractivity contribution in [2.75, 3.05) is 6.61 Å². The van der Waals surface area contributed by atoms with Gasteiger partial charge in [-0.2, -0.15) is 9.78 Å². The summed E-state index contributed by atoms with van der Waals surface area (Å²) in [4.78, 5) is 47.7. The SMILES string of the molecule is C[C@@H]1OC[C@H]2C[C@@H](n3c(=O)c(-n4ncc(=O)[nH]c4=O)nc4ccccc43)C[C@@H]1N2C1C[C@H]2CCCC[C@@H](C1)C2. The van der Waals surface area contributed by atoms with E-state index in [9.17, 15) is 14.4 Å². The second kappa shape index (κ2) is 9.82. The molecular formula is C29H36N6O4. The third kappa shape index (κ3) is 4.37. The molecule has 3 aromatic rings. The molecule has 2 aliphatic heterocycles. The number of para-hydroxylation sites is 2. The molecule has 10 nitrogen and oxygen atoms in total. The number of hydrogen-bond acceptors (Lipinski definition) is 7. The van der Waals surface area contributed by atoms with Crippen LogP contribution < -0.4 is 16.8 Å². The van der Waals surface area contributed by atoms with E-state index in [-0.39, 0.29) is 35.6 Å². The highest BCUT2D eigenvalue weighted by Crippen LogP contribution is 2.45. The van der Waals surface area contributed by atoms with E-state index in [0.717, 1.165) is 41.1 Å². The zero-order valence-corrected chi connectivity index (χ0v) is 22.4. The van der Waals surface area contributed by atoms with Crippen LogP contribution in [0.5, 0.6) is 0 Å². The van der Waals surface area contributed by atoms with Gasteiger partial charge < -0.3 is 9.30 Å². The summed E-state index contributed by atoms with van der Waals surface area (Å²) in [5.41, 5.74) is -0.405. The van der Waals surface area contributed by atoms with Crippen LogP contribution in [-0.4, -0.2) is 60.1 Å². The van der Waals surface area contributed by atoms with Gasteiger partial charge in [-0.3, -0.25) is 19.5 Å². The summed E-state index contributed by atoms with van der Waals surface area (Å²) in [5, 5.41) is 3.94. The lowest BCUT2D eigenvalue weighted by Gasteiger charge is -2.56. The van der Waals surface area contributed by atoms with Crippen molar-refractivity contribution < 1.29 is 4.74 Å². The van der Waals surface area contributed by atoms with Gasteiger partial charge in [-0.15, -0.1) is 0 Å². The normalized spacial score (nSPS) is 33.1. The average molecular weight is 533 g/mol. The topological polar surface area (TPSA) is 115 Å². The fraction of sp³-hybridized carbons (Fsp3) is 0.621. The van der Waals surface area contributed by atoms with E-state index in [0.29, 0.717) is 18.2 Å². The summed E-state index contributed by atoms with van der Waals surface area (Å²) in [6.45, 7) is 2.85. The Morgan fingerprint density at radius 2 is 1.69 bits per heavy atom. The van der Waals surface area contributed by atoms with Gasteiger partial charge in [-0.05, 0) is 63.0 Å². The molecule has 4 bridgehead atoms. The summed E-state index contributed by atoms with van der Waals surface area (Å²) < 4.78 is 9.00. The molecule has 4 fully saturated rings. The molecule has 7 rings (SSSR count). The van der Waals surface area contributed by atoms with Gasteiger partial charge in [0.15, 0.2) is 0 Å². The molecule has 0 amide bonds. The quantitative estimate of drug-likeness (QED) is 0.552. The van der Waals surface area contributed by atoms with E-state index in [1.807, 2.05) is 28.8 Å². The van der Waals surface area contributed by atoms with E-state index in [2.05, 4.69) is 26.9 Å². The molecule has 1 aromatic carbocycles. The minimum absolute atomic E-state index is 0.0638. The molecule has 0 spiro atoms. The second-order valence-corrected chi connectivity index (χ2v) is 12.2. The number of piperidine rings is 1. The molecule has 1 unspecified atom stereocenters. The predicted octanol–water partition coefficient (Wildman–Crippen LogP) is 2.78. The molecule has 2 aromatic heterocycles. The van der Waals surface area contributed by atoms with Gasteiger partial charge >= 0.3 is 5.69 Å². The molecule has 2 saturated heterocycles. The molecule has 206 valence electrons. The van der Waals surface area contributed by atoms with Crippen molar-refractivity contribution in [2.45, 2.75) is 95.0 Å². The Morgan fingerprint density at radius 3 is 2.46 bits per heavy atom. The molecule has 4 aliphatic rings. The number of nitrogens with zero attached hydrogens (tertiary/aromatic N) is 5. The number of rotatable bonds is 3. The monoisotopic (exact) mass is 532 g/mol. The zero-order valence-electron chi connectivity index (χ0n) is 22.4. The standard InChI is InChI=1S/C29H36N6O4/c1-17-25-14-21(13-22(16-39-17)33(25)20-11-18-6-2-3-7-19(10-18)12-20)34-24-9-5-4-8-23(24)31-27(28(34)37)35-29(38)32-26(36)15-30-35/h4-5,8-9,15,17-22,25H,2-3,6-7,10-14,16H2,1H3,(H,32,36,38)/t17-,18-,19+,20?,21+,22+,25-/m0/s1. The van der Waals surface area contributed by atoms with Crippen LogP contribution in [0.1, 0.15) is 70.8 Å². The molecular weight excluding hydrogens is 496 g/mol. The summed E-state index contributed by atoms with van der Waals surface area (Å²) in [7, 11) is 0. The number of ether oxygens (including phenoxy) is 1. The van der Waals surface area contributed by atoms with Crippen molar-refractivity contribution in [3.63, 3.8) is 0 Å². The summed E-state index contributed by atoms with van der Waals surface area (Å²) in [6.07, 6.45) is 12.1. The van der Waals surface area contributed by atoms with E-state index in [1.165, 1.54) is 44.9 Å². The van der Waals surface area contributed by atoms with Crippen LogP contribution in [0.15, 0.2) is 44.8 Å². The number of fused-ring (bicyclic) bond motifs is 5. The van der Waals surface area contributed by atoms with Crippen molar-refractivity contribution >= 4 is 11.0 Å². The lowest BCUT2D eigenvalue weighted by molar-refractivity contribution is -0.150. The molecule has 2 saturated carbocycles. The summed E-state index contributed by atoms with van der Waals surface area (Å²) in [6, 6.07) is 8.53. The van der Waals surface area contributed by atoms with Gasteiger partial charge in [0.05, 0.1) is 23.7 Å². The maximum Gasteiger partial charge on any atom is 0.351 e. The molecule has 10 heteroatoms. The van der Waals surface area contributed by atoms with E-state index in [1.54, 1.807) is 0 Å². The van der Waals surface area contributed by atoms with Gasteiger partial charge in [0.25, 0.3) is 11.1 Å². The highest BCUT2D eigenvalue weighted by atomic mass is 16.5. The van der Waals surface area contributed by atoms with Crippen molar-refractivity contribution in [1.29, 1.82) is 0 Å². The van der Waals surface area contributed by atoms with Crippen LogP contribution in [0.4, 0.5) is 0 Å². The Kier molecular flexibility index (Phi) is 6.27. The van der Waals surface area contributed by atoms with Gasteiger partial charge in [-0.1, -0.05) is 37.8 Å². The van der Waals surface area contributed by atoms with Crippen LogP contribution in [0, 0.1) is 11.8 Å². The zero-order chi connectivity index (χ0) is 26.7. The Hall–Kier alpha value is -3.11. The number of hydrogen-bond donors (Lipinski definition) is 1. The summed E-state index contributed by atoms with van der Waals surface area (Å²) >= 11 is 0. The van der Waals surface area contributed by atoms with Crippen molar-refractivity contribution in [2.24, 2.45) is 11.8 Å². The number of morpholine rings is 1. The first-order valence-corrected chi connectivity index (χ1v) is 14.6. The fourth-order valence-electron chi connectivity index (χ4n) is 8.20. The number of aromatic nitrogens is 5. The maximum absolute atomic E-state index is 14.0. The Balaban J connectivity index is 1.29. The minimum Gasteiger partial charge on any atom is -0.375 e. The fourth-order valence-corrected chi connectivity index (χ4v) is 8.20. The van der Waals surface area contributed by atoms with Gasteiger partial charge in [0.1, 0.15) is 6.20 Å². The Bertz CT molecular complexity index is 1550. The number of aromatic amines is 1.